The van der Waals surface area contributed by atoms with Gasteiger partial charge in [-0.05, 0) is 55.4 Å². The third-order valence-corrected chi connectivity index (χ3v) is 5.68. The van der Waals surface area contributed by atoms with Crippen molar-refractivity contribution in [2.45, 2.75) is 25.8 Å². The number of likely N-dealkylation sites (tertiary alicyclic amines) is 1. The predicted molar refractivity (Wildman–Crippen MR) is 100 cm³/mol. The molecule has 0 bridgehead atoms. The Bertz CT molecular complexity index is 684. The van der Waals surface area contributed by atoms with Crippen LogP contribution in [0.15, 0.2) is 41.8 Å². The molecule has 2 heterocycles. The highest BCUT2D eigenvalue weighted by Crippen LogP contribution is 2.29. The number of thiophene rings is 1. The van der Waals surface area contributed by atoms with E-state index in [1.807, 2.05) is 6.07 Å². The van der Waals surface area contributed by atoms with Gasteiger partial charge in [-0.2, -0.15) is 0 Å². The molecule has 2 amide bonds. The first kappa shape index (κ1) is 17.9. The molecule has 1 saturated heterocycles. The average molecular weight is 361 g/mol. The van der Waals surface area contributed by atoms with E-state index in [-0.39, 0.29) is 17.8 Å². The van der Waals surface area contributed by atoms with E-state index in [1.54, 1.807) is 29.5 Å². The number of halogens is 1. The van der Waals surface area contributed by atoms with E-state index in [9.17, 15) is 9.18 Å². The quantitative estimate of drug-likeness (QED) is 0.824. The Morgan fingerprint density at radius 3 is 2.72 bits per heavy atom. The molecule has 1 atom stereocenters. The third-order valence-electron chi connectivity index (χ3n) is 4.71. The fourth-order valence-electron chi connectivity index (χ4n) is 3.15. The third kappa shape index (κ3) is 4.80. The molecule has 1 aliphatic rings. The summed E-state index contributed by atoms with van der Waals surface area (Å²) >= 11 is 1.71. The van der Waals surface area contributed by atoms with Gasteiger partial charge in [0.25, 0.3) is 0 Å². The monoisotopic (exact) mass is 361 g/mol. The van der Waals surface area contributed by atoms with E-state index in [0.717, 1.165) is 19.0 Å². The summed E-state index contributed by atoms with van der Waals surface area (Å²) in [6.45, 7) is 4.88. The molecule has 1 aromatic heterocycles. The molecule has 1 fully saturated rings. The first-order valence-corrected chi connectivity index (χ1v) is 9.58. The van der Waals surface area contributed by atoms with Crippen LogP contribution in [0, 0.1) is 11.7 Å². The molecule has 3 rings (SSSR count). The Labute approximate surface area is 152 Å². The number of para-hydroxylation sites is 1. The number of benzene rings is 1. The number of piperidine rings is 1. The van der Waals surface area contributed by atoms with Crippen LogP contribution in [0.4, 0.5) is 14.9 Å². The van der Waals surface area contributed by atoms with Crippen molar-refractivity contribution in [2.75, 3.05) is 25.0 Å². The minimum absolute atomic E-state index is 0.166. The standard InChI is InChI=1S/C19H24FN3OS/c1-14-8-10-23(11-9-14)17(18-7-4-12-25-18)13-21-19(24)22-16-6-3-2-5-15(16)20/h2-7,12,14,17H,8-11,13H2,1H3,(H2,21,22,24). The maximum absolute atomic E-state index is 13.7. The minimum Gasteiger partial charge on any atom is -0.336 e. The van der Waals surface area contributed by atoms with Crippen LogP contribution in [0.3, 0.4) is 0 Å². The van der Waals surface area contributed by atoms with Crippen molar-refractivity contribution >= 4 is 23.1 Å². The van der Waals surface area contributed by atoms with Crippen molar-refractivity contribution in [3.8, 4) is 0 Å². The molecule has 4 nitrogen and oxygen atoms in total. The van der Waals surface area contributed by atoms with E-state index < -0.39 is 5.82 Å². The molecule has 0 saturated carbocycles. The number of hydrogen-bond acceptors (Lipinski definition) is 3. The maximum Gasteiger partial charge on any atom is 0.319 e. The molecular weight excluding hydrogens is 337 g/mol. The van der Waals surface area contributed by atoms with E-state index >= 15 is 0 Å². The van der Waals surface area contributed by atoms with Crippen molar-refractivity contribution < 1.29 is 9.18 Å². The summed E-state index contributed by atoms with van der Waals surface area (Å²) in [7, 11) is 0. The van der Waals surface area contributed by atoms with Crippen molar-refractivity contribution in [1.29, 1.82) is 0 Å². The second kappa shape index (κ2) is 8.45. The van der Waals surface area contributed by atoms with Crippen LogP contribution < -0.4 is 10.6 Å². The normalized spacial score (nSPS) is 17.2. The molecule has 0 aliphatic carbocycles. The van der Waals surface area contributed by atoms with Crippen LogP contribution in [0.25, 0.3) is 0 Å². The van der Waals surface area contributed by atoms with Gasteiger partial charge in [0, 0.05) is 11.4 Å². The van der Waals surface area contributed by atoms with Crippen LogP contribution in [0.1, 0.15) is 30.7 Å². The summed E-state index contributed by atoms with van der Waals surface area (Å²) in [6.07, 6.45) is 2.37. The number of anilines is 1. The summed E-state index contributed by atoms with van der Waals surface area (Å²) < 4.78 is 13.7. The van der Waals surface area contributed by atoms with Crippen LogP contribution in [0.2, 0.25) is 0 Å². The number of urea groups is 1. The van der Waals surface area contributed by atoms with Crippen LogP contribution in [-0.4, -0.2) is 30.6 Å². The first-order valence-electron chi connectivity index (χ1n) is 8.70. The first-order chi connectivity index (χ1) is 12.1. The fourth-order valence-corrected chi connectivity index (χ4v) is 4.01. The van der Waals surface area contributed by atoms with Crippen molar-refractivity contribution in [1.82, 2.24) is 10.2 Å². The van der Waals surface area contributed by atoms with Gasteiger partial charge in [-0.3, -0.25) is 4.90 Å². The molecule has 1 aliphatic heterocycles. The van der Waals surface area contributed by atoms with Gasteiger partial charge < -0.3 is 10.6 Å². The second-order valence-electron chi connectivity index (χ2n) is 6.56. The van der Waals surface area contributed by atoms with Gasteiger partial charge in [-0.15, -0.1) is 11.3 Å². The number of carbonyl (C=O) groups is 1. The van der Waals surface area contributed by atoms with Gasteiger partial charge in [0.1, 0.15) is 5.82 Å². The molecule has 2 N–H and O–H groups in total. The molecule has 2 aromatic rings. The molecule has 0 spiro atoms. The van der Waals surface area contributed by atoms with Gasteiger partial charge in [0.05, 0.1) is 11.7 Å². The van der Waals surface area contributed by atoms with E-state index in [0.29, 0.717) is 6.54 Å². The van der Waals surface area contributed by atoms with Crippen LogP contribution in [0.5, 0.6) is 0 Å². The van der Waals surface area contributed by atoms with Crippen molar-refractivity contribution in [2.24, 2.45) is 5.92 Å². The lowest BCUT2D eigenvalue weighted by atomic mass is 9.97. The van der Waals surface area contributed by atoms with E-state index in [4.69, 9.17) is 0 Å². The SMILES string of the molecule is CC1CCN(C(CNC(=O)Nc2ccccc2F)c2cccs2)CC1. The summed E-state index contributed by atoms with van der Waals surface area (Å²) in [4.78, 5) is 15.9. The second-order valence-corrected chi connectivity index (χ2v) is 7.54. The zero-order chi connectivity index (χ0) is 17.6. The van der Waals surface area contributed by atoms with E-state index in [1.165, 1.54) is 23.8 Å². The highest BCUT2D eigenvalue weighted by atomic mass is 32.1. The Balaban J connectivity index is 1.61. The van der Waals surface area contributed by atoms with Crippen molar-refractivity contribution in [3.63, 3.8) is 0 Å². The Morgan fingerprint density at radius 2 is 2.04 bits per heavy atom. The lowest BCUT2D eigenvalue weighted by Gasteiger charge is -2.36. The lowest BCUT2D eigenvalue weighted by Crippen LogP contribution is -2.42. The van der Waals surface area contributed by atoms with Gasteiger partial charge >= 0.3 is 6.03 Å². The average Bonchev–Trinajstić information content (AvgIpc) is 3.13. The predicted octanol–water partition coefficient (Wildman–Crippen LogP) is 4.48. The Hall–Kier alpha value is -1.92. The summed E-state index contributed by atoms with van der Waals surface area (Å²) in [5, 5.41) is 7.55. The van der Waals surface area contributed by atoms with E-state index in [2.05, 4.69) is 33.9 Å². The maximum atomic E-state index is 13.7. The van der Waals surface area contributed by atoms with Gasteiger partial charge in [-0.1, -0.05) is 25.1 Å². The fraction of sp³-hybridized carbons (Fsp3) is 0.421. The molecule has 1 unspecified atom stereocenters. The minimum atomic E-state index is -0.433. The van der Waals surface area contributed by atoms with Gasteiger partial charge in [0.15, 0.2) is 0 Å². The lowest BCUT2D eigenvalue weighted by molar-refractivity contribution is 0.138. The van der Waals surface area contributed by atoms with Crippen molar-refractivity contribution in [3.05, 3.63) is 52.5 Å². The molecule has 1 aromatic carbocycles. The number of nitrogens with zero attached hydrogens (tertiary/aromatic N) is 1. The number of hydrogen-bond donors (Lipinski definition) is 2. The van der Waals surface area contributed by atoms with Crippen LogP contribution in [-0.2, 0) is 0 Å². The van der Waals surface area contributed by atoms with Gasteiger partial charge in [0.2, 0.25) is 0 Å². The zero-order valence-corrected chi connectivity index (χ0v) is 15.2. The largest absolute Gasteiger partial charge is 0.336 e. The molecule has 25 heavy (non-hydrogen) atoms. The van der Waals surface area contributed by atoms with Gasteiger partial charge in [-0.25, -0.2) is 9.18 Å². The Morgan fingerprint density at radius 1 is 1.28 bits per heavy atom. The number of nitrogens with one attached hydrogen (secondary N) is 2. The number of rotatable bonds is 5. The number of amides is 2. The number of carbonyl (C=O) groups excluding carboxylic acids is 1. The molecule has 6 heteroatoms. The Kier molecular flexibility index (Phi) is 6.04. The highest BCUT2D eigenvalue weighted by Gasteiger charge is 2.25. The molecule has 0 radical (unpaired) electrons. The highest BCUT2D eigenvalue weighted by molar-refractivity contribution is 7.10. The summed E-state index contributed by atoms with van der Waals surface area (Å²) in [5.74, 6) is 0.329. The molecule has 134 valence electrons. The smallest absolute Gasteiger partial charge is 0.319 e. The van der Waals surface area contributed by atoms with Crippen LogP contribution >= 0.6 is 11.3 Å². The summed E-state index contributed by atoms with van der Waals surface area (Å²) in [5.41, 5.74) is 0.194. The summed E-state index contributed by atoms with van der Waals surface area (Å²) in [6, 6.07) is 10.1. The molecular formula is C19H24FN3OS. The zero-order valence-electron chi connectivity index (χ0n) is 14.4. The topological polar surface area (TPSA) is 44.4 Å².